The highest BCUT2D eigenvalue weighted by molar-refractivity contribution is 5.17. The van der Waals surface area contributed by atoms with Crippen LogP contribution in [0.4, 0.5) is 8.78 Å². The van der Waals surface area contributed by atoms with Crippen molar-refractivity contribution in [1.29, 1.82) is 0 Å². The Kier molecular flexibility index (Phi) is 5.35. The molecule has 1 N–H and O–H groups in total. The van der Waals surface area contributed by atoms with Crippen molar-refractivity contribution < 1.29 is 13.5 Å². The summed E-state index contributed by atoms with van der Waals surface area (Å²) in [6, 6.07) is 3.50. The van der Waals surface area contributed by atoms with E-state index in [1.165, 1.54) is 12.1 Å². The Hall–Kier alpha value is -1.00. The van der Waals surface area contributed by atoms with Gasteiger partial charge in [0.05, 0.1) is 12.7 Å². The SMILES string of the molecule is CC(C)OCCNCc1cc(F)cc(F)c1. The van der Waals surface area contributed by atoms with Gasteiger partial charge in [0, 0.05) is 19.2 Å². The van der Waals surface area contributed by atoms with Crippen LogP contribution in [0.2, 0.25) is 0 Å². The van der Waals surface area contributed by atoms with Crippen molar-refractivity contribution in [2.75, 3.05) is 13.2 Å². The summed E-state index contributed by atoms with van der Waals surface area (Å²) in [5.41, 5.74) is 0.599. The molecule has 0 fully saturated rings. The van der Waals surface area contributed by atoms with E-state index in [0.29, 0.717) is 25.3 Å². The van der Waals surface area contributed by atoms with Gasteiger partial charge in [-0.15, -0.1) is 0 Å². The van der Waals surface area contributed by atoms with Crippen LogP contribution in [0.1, 0.15) is 19.4 Å². The first-order valence-corrected chi connectivity index (χ1v) is 5.35. The van der Waals surface area contributed by atoms with E-state index >= 15 is 0 Å². The van der Waals surface area contributed by atoms with E-state index in [2.05, 4.69) is 5.32 Å². The molecule has 0 heterocycles. The van der Waals surface area contributed by atoms with Crippen LogP contribution in [0.5, 0.6) is 0 Å². The Bertz CT molecular complexity index is 309. The lowest BCUT2D eigenvalue weighted by atomic mass is 10.2. The summed E-state index contributed by atoms with van der Waals surface area (Å²) in [5.74, 6) is -1.09. The molecule has 0 spiro atoms. The molecule has 0 aliphatic heterocycles. The third kappa shape index (κ3) is 5.19. The van der Waals surface area contributed by atoms with E-state index in [-0.39, 0.29) is 6.10 Å². The quantitative estimate of drug-likeness (QED) is 0.757. The fraction of sp³-hybridized carbons (Fsp3) is 0.500. The van der Waals surface area contributed by atoms with Gasteiger partial charge in [0.25, 0.3) is 0 Å². The number of hydrogen-bond donors (Lipinski definition) is 1. The van der Waals surface area contributed by atoms with Crippen molar-refractivity contribution in [3.63, 3.8) is 0 Å². The lowest BCUT2D eigenvalue weighted by Crippen LogP contribution is -2.21. The van der Waals surface area contributed by atoms with E-state index in [4.69, 9.17) is 4.74 Å². The van der Waals surface area contributed by atoms with Crippen LogP contribution in [0.3, 0.4) is 0 Å². The largest absolute Gasteiger partial charge is 0.377 e. The zero-order valence-corrected chi connectivity index (χ0v) is 9.59. The molecule has 0 aromatic heterocycles. The Morgan fingerprint density at radius 2 is 1.81 bits per heavy atom. The molecule has 16 heavy (non-hydrogen) atoms. The summed E-state index contributed by atoms with van der Waals surface area (Å²) in [6.45, 7) is 5.62. The predicted octanol–water partition coefficient (Wildman–Crippen LogP) is 2.48. The van der Waals surface area contributed by atoms with Crippen molar-refractivity contribution in [2.24, 2.45) is 0 Å². The summed E-state index contributed by atoms with van der Waals surface area (Å²) < 4.78 is 31.0. The second kappa shape index (κ2) is 6.55. The van der Waals surface area contributed by atoms with Crippen LogP contribution in [0.15, 0.2) is 18.2 Å². The van der Waals surface area contributed by atoms with Crippen molar-refractivity contribution in [3.05, 3.63) is 35.4 Å². The molecular formula is C12H17F2NO. The van der Waals surface area contributed by atoms with Crippen molar-refractivity contribution in [1.82, 2.24) is 5.32 Å². The molecule has 0 unspecified atom stereocenters. The molecule has 1 rings (SSSR count). The standard InChI is InChI=1S/C12H17F2NO/c1-9(2)16-4-3-15-8-10-5-11(13)7-12(14)6-10/h5-7,9,15H,3-4,8H2,1-2H3. The first-order chi connectivity index (χ1) is 7.58. The smallest absolute Gasteiger partial charge is 0.126 e. The summed E-state index contributed by atoms with van der Waals surface area (Å²) in [4.78, 5) is 0. The summed E-state index contributed by atoms with van der Waals surface area (Å²) in [5, 5.41) is 3.05. The average Bonchev–Trinajstić information content (AvgIpc) is 2.15. The second-order valence-corrected chi connectivity index (χ2v) is 3.87. The monoisotopic (exact) mass is 229 g/mol. The number of rotatable bonds is 6. The molecule has 90 valence electrons. The molecule has 0 atom stereocenters. The number of hydrogen-bond acceptors (Lipinski definition) is 2. The van der Waals surface area contributed by atoms with E-state index in [9.17, 15) is 8.78 Å². The predicted molar refractivity (Wildman–Crippen MR) is 59.2 cm³/mol. The Morgan fingerprint density at radius 1 is 1.19 bits per heavy atom. The molecule has 0 saturated heterocycles. The van der Waals surface area contributed by atoms with Gasteiger partial charge >= 0.3 is 0 Å². The van der Waals surface area contributed by atoms with Gasteiger partial charge < -0.3 is 10.1 Å². The average molecular weight is 229 g/mol. The zero-order valence-electron chi connectivity index (χ0n) is 9.59. The third-order valence-corrected chi connectivity index (χ3v) is 1.98. The van der Waals surface area contributed by atoms with Gasteiger partial charge in [0.1, 0.15) is 11.6 Å². The Balaban J connectivity index is 2.26. The summed E-state index contributed by atoms with van der Waals surface area (Å²) >= 11 is 0. The van der Waals surface area contributed by atoms with Crippen LogP contribution in [0, 0.1) is 11.6 Å². The van der Waals surface area contributed by atoms with Gasteiger partial charge in [-0.3, -0.25) is 0 Å². The van der Waals surface area contributed by atoms with Gasteiger partial charge in [0.2, 0.25) is 0 Å². The van der Waals surface area contributed by atoms with Gasteiger partial charge in [-0.05, 0) is 31.5 Å². The van der Waals surface area contributed by atoms with Crippen LogP contribution in [-0.2, 0) is 11.3 Å². The maximum absolute atomic E-state index is 12.8. The van der Waals surface area contributed by atoms with Gasteiger partial charge in [-0.1, -0.05) is 0 Å². The van der Waals surface area contributed by atoms with E-state index in [0.717, 1.165) is 6.07 Å². The van der Waals surface area contributed by atoms with Crippen molar-refractivity contribution >= 4 is 0 Å². The van der Waals surface area contributed by atoms with Gasteiger partial charge in [-0.25, -0.2) is 8.78 Å². The van der Waals surface area contributed by atoms with Crippen LogP contribution in [0.25, 0.3) is 0 Å². The highest BCUT2D eigenvalue weighted by atomic mass is 19.1. The molecule has 0 aliphatic carbocycles. The molecule has 1 aromatic carbocycles. The minimum absolute atomic E-state index is 0.202. The maximum atomic E-state index is 12.8. The van der Waals surface area contributed by atoms with Crippen LogP contribution < -0.4 is 5.32 Å². The first kappa shape index (κ1) is 13.1. The molecule has 1 aromatic rings. The van der Waals surface area contributed by atoms with Crippen LogP contribution >= 0.6 is 0 Å². The Morgan fingerprint density at radius 3 is 2.38 bits per heavy atom. The second-order valence-electron chi connectivity index (χ2n) is 3.87. The fourth-order valence-corrected chi connectivity index (χ4v) is 1.31. The molecule has 0 amide bonds. The minimum atomic E-state index is -0.546. The molecule has 0 saturated carbocycles. The normalized spacial score (nSPS) is 11.1. The molecule has 0 bridgehead atoms. The summed E-state index contributed by atoms with van der Waals surface area (Å²) in [7, 11) is 0. The van der Waals surface area contributed by atoms with Crippen LogP contribution in [-0.4, -0.2) is 19.3 Å². The van der Waals surface area contributed by atoms with E-state index in [1.807, 2.05) is 13.8 Å². The Labute approximate surface area is 94.6 Å². The zero-order chi connectivity index (χ0) is 12.0. The summed E-state index contributed by atoms with van der Waals surface area (Å²) in [6.07, 6.45) is 0.202. The molecule has 0 radical (unpaired) electrons. The first-order valence-electron chi connectivity index (χ1n) is 5.35. The number of ether oxygens (including phenoxy) is 1. The molecule has 0 aliphatic rings. The van der Waals surface area contributed by atoms with Crippen molar-refractivity contribution in [2.45, 2.75) is 26.5 Å². The lowest BCUT2D eigenvalue weighted by molar-refractivity contribution is 0.0807. The topological polar surface area (TPSA) is 21.3 Å². The fourth-order valence-electron chi connectivity index (χ4n) is 1.31. The molecule has 4 heteroatoms. The number of benzene rings is 1. The molecule has 2 nitrogen and oxygen atoms in total. The van der Waals surface area contributed by atoms with E-state index < -0.39 is 11.6 Å². The van der Waals surface area contributed by atoms with Crippen molar-refractivity contribution in [3.8, 4) is 0 Å². The highest BCUT2D eigenvalue weighted by Gasteiger charge is 2.00. The van der Waals surface area contributed by atoms with E-state index in [1.54, 1.807) is 0 Å². The van der Waals surface area contributed by atoms with Gasteiger partial charge in [0.15, 0.2) is 0 Å². The number of halogens is 2. The third-order valence-electron chi connectivity index (χ3n) is 1.98. The van der Waals surface area contributed by atoms with Gasteiger partial charge in [-0.2, -0.15) is 0 Å². The number of nitrogens with one attached hydrogen (secondary N) is 1. The lowest BCUT2D eigenvalue weighted by Gasteiger charge is -2.08. The maximum Gasteiger partial charge on any atom is 0.126 e. The molecular weight excluding hydrogens is 212 g/mol. The minimum Gasteiger partial charge on any atom is -0.377 e. The highest BCUT2D eigenvalue weighted by Crippen LogP contribution is 2.07.